The molecule has 0 aromatic heterocycles. The zero-order chi connectivity index (χ0) is 28.6. The number of sulfonamides is 1. The standard InChI is InChI=1S/C30H36BrN3O4S/c1-5-16-32-30(36)28(19-24-10-7-6-8-11-24)33(20-25-12-9-13-26(31)18-25)29(35)21-34(39(4,37)38)27-15-14-22(2)23(3)17-27/h6-15,17-18,28H,5,16,19-21H2,1-4H3,(H,32,36)/t28-/m0/s1. The van der Waals surface area contributed by atoms with E-state index in [4.69, 9.17) is 0 Å². The van der Waals surface area contributed by atoms with E-state index in [0.717, 1.165) is 43.7 Å². The fraction of sp³-hybridized carbons (Fsp3) is 0.333. The first-order valence-electron chi connectivity index (χ1n) is 12.9. The molecule has 3 rings (SSSR count). The van der Waals surface area contributed by atoms with E-state index in [9.17, 15) is 18.0 Å². The molecule has 39 heavy (non-hydrogen) atoms. The van der Waals surface area contributed by atoms with Crippen molar-refractivity contribution in [2.24, 2.45) is 0 Å². The number of hydrogen-bond donors (Lipinski definition) is 1. The maximum Gasteiger partial charge on any atom is 0.244 e. The Kier molecular flexibility index (Phi) is 10.7. The van der Waals surface area contributed by atoms with E-state index in [1.54, 1.807) is 12.1 Å². The summed E-state index contributed by atoms with van der Waals surface area (Å²) in [6.07, 6.45) is 2.13. The lowest BCUT2D eigenvalue weighted by atomic mass is 10.0. The van der Waals surface area contributed by atoms with Crippen LogP contribution in [0.4, 0.5) is 5.69 Å². The van der Waals surface area contributed by atoms with Gasteiger partial charge in [0.15, 0.2) is 0 Å². The van der Waals surface area contributed by atoms with Crippen molar-refractivity contribution in [3.63, 3.8) is 0 Å². The Labute approximate surface area is 240 Å². The Morgan fingerprint density at radius 3 is 2.23 bits per heavy atom. The normalized spacial score (nSPS) is 12.0. The third-order valence-corrected chi connectivity index (χ3v) is 8.15. The lowest BCUT2D eigenvalue weighted by Crippen LogP contribution is -2.53. The molecule has 3 aromatic carbocycles. The molecule has 0 aliphatic carbocycles. The number of benzene rings is 3. The number of nitrogens with one attached hydrogen (secondary N) is 1. The topological polar surface area (TPSA) is 86.8 Å². The summed E-state index contributed by atoms with van der Waals surface area (Å²) in [5.74, 6) is -0.743. The van der Waals surface area contributed by atoms with Gasteiger partial charge >= 0.3 is 0 Å². The predicted octanol–water partition coefficient (Wildman–Crippen LogP) is 5.00. The van der Waals surface area contributed by atoms with Crippen LogP contribution in [0, 0.1) is 13.8 Å². The second kappa shape index (κ2) is 13.8. The highest BCUT2D eigenvalue weighted by atomic mass is 79.9. The number of carbonyl (C=O) groups excluding carboxylic acids is 2. The number of anilines is 1. The SMILES string of the molecule is CCCNC(=O)[C@H](Cc1ccccc1)N(Cc1cccc(Br)c1)C(=O)CN(c1ccc(C)c(C)c1)S(C)(=O)=O. The third-order valence-electron chi connectivity index (χ3n) is 6.52. The van der Waals surface area contributed by atoms with Crippen LogP contribution in [0.15, 0.2) is 77.3 Å². The Balaban J connectivity index is 2.05. The van der Waals surface area contributed by atoms with E-state index in [1.165, 1.54) is 4.90 Å². The van der Waals surface area contributed by atoms with Crippen molar-refractivity contribution in [2.75, 3.05) is 23.7 Å². The lowest BCUT2D eigenvalue weighted by Gasteiger charge is -2.33. The van der Waals surface area contributed by atoms with Crippen molar-refractivity contribution < 1.29 is 18.0 Å². The van der Waals surface area contributed by atoms with Gasteiger partial charge in [-0.05, 0) is 66.8 Å². The molecule has 0 fully saturated rings. The fourth-order valence-corrected chi connectivity index (χ4v) is 5.53. The summed E-state index contributed by atoms with van der Waals surface area (Å²) in [5.41, 5.74) is 4.06. The molecule has 0 spiro atoms. The van der Waals surface area contributed by atoms with Crippen LogP contribution in [-0.4, -0.2) is 50.5 Å². The molecule has 0 unspecified atom stereocenters. The quantitative estimate of drug-likeness (QED) is 0.311. The molecule has 0 aliphatic rings. The van der Waals surface area contributed by atoms with E-state index in [1.807, 2.05) is 81.4 Å². The molecule has 1 N–H and O–H groups in total. The largest absolute Gasteiger partial charge is 0.354 e. The molecule has 0 saturated carbocycles. The van der Waals surface area contributed by atoms with Crippen molar-refractivity contribution in [3.05, 3.63) is 99.5 Å². The number of aryl methyl sites for hydroxylation is 2. The third kappa shape index (κ3) is 8.66. The zero-order valence-electron chi connectivity index (χ0n) is 22.9. The van der Waals surface area contributed by atoms with E-state index in [2.05, 4.69) is 21.2 Å². The second-order valence-corrected chi connectivity index (χ2v) is 12.5. The molecule has 0 aliphatic heterocycles. The molecule has 0 saturated heterocycles. The van der Waals surface area contributed by atoms with Crippen LogP contribution >= 0.6 is 15.9 Å². The maximum atomic E-state index is 14.1. The van der Waals surface area contributed by atoms with Gasteiger partial charge in [-0.15, -0.1) is 0 Å². The average molecular weight is 615 g/mol. The molecule has 208 valence electrons. The van der Waals surface area contributed by atoms with Crippen molar-refractivity contribution in [2.45, 2.75) is 46.2 Å². The Bertz CT molecular complexity index is 1400. The lowest BCUT2D eigenvalue weighted by molar-refractivity contribution is -0.140. The van der Waals surface area contributed by atoms with Crippen LogP contribution in [0.5, 0.6) is 0 Å². The highest BCUT2D eigenvalue weighted by Gasteiger charge is 2.33. The molecule has 3 aromatic rings. The van der Waals surface area contributed by atoms with E-state index in [0.29, 0.717) is 18.7 Å². The smallest absolute Gasteiger partial charge is 0.244 e. The van der Waals surface area contributed by atoms with Gasteiger partial charge < -0.3 is 10.2 Å². The van der Waals surface area contributed by atoms with Crippen LogP contribution in [0.2, 0.25) is 0 Å². The van der Waals surface area contributed by atoms with Crippen molar-refractivity contribution in [1.29, 1.82) is 0 Å². The minimum Gasteiger partial charge on any atom is -0.354 e. The van der Waals surface area contributed by atoms with Gasteiger partial charge in [0.1, 0.15) is 12.6 Å². The summed E-state index contributed by atoms with van der Waals surface area (Å²) in [6, 6.07) is 21.5. The first-order chi connectivity index (χ1) is 18.5. The zero-order valence-corrected chi connectivity index (χ0v) is 25.3. The number of halogens is 1. The van der Waals surface area contributed by atoms with Crippen LogP contribution in [0.1, 0.15) is 35.6 Å². The van der Waals surface area contributed by atoms with Gasteiger partial charge in [-0.1, -0.05) is 71.4 Å². The van der Waals surface area contributed by atoms with E-state index < -0.39 is 28.5 Å². The Morgan fingerprint density at radius 1 is 0.923 bits per heavy atom. The van der Waals surface area contributed by atoms with Crippen LogP contribution in [-0.2, 0) is 32.6 Å². The molecule has 9 heteroatoms. The van der Waals surface area contributed by atoms with Crippen LogP contribution < -0.4 is 9.62 Å². The molecule has 0 heterocycles. The fourth-order valence-electron chi connectivity index (χ4n) is 4.25. The van der Waals surface area contributed by atoms with Crippen molar-refractivity contribution in [3.8, 4) is 0 Å². The van der Waals surface area contributed by atoms with E-state index in [-0.39, 0.29) is 12.5 Å². The van der Waals surface area contributed by atoms with Gasteiger partial charge in [0.25, 0.3) is 0 Å². The highest BCUT2D eigenvalue weighted by molar-refractivity contribution is 9.10. The second-order valence-electron chi connectivity index (χ2n) is 9.69. The van der Waals surface area contributed by atoms with Gasteiger partial charge in [-0.25, -0.2) is 8.42 Å². The first kappa shape index (κ1) is 30.4. The van der Waals surface area contributed by atoms with Gasteiger partial charge in [0.2, 0.25) is 21.8 Å². The Morgan fingerprint density at radius 2 is 1.62 bits per heavy atom. The maximum absolute atomic E-state index is 14.1. The van der Waals surface area contributed by atoms with Gasteiger partial charge in [0.05, 0.1) is 11.9 Å². The number of amides is 2. The molecule has 7 nitrogen and oxygen atoms in total. The summed E-state index contributed by atoms with van der Waals surface area (Å²) < 4.78 is 27.7. The number of rotatable bonds is 12. The van der Waals surface area contributed by atoms with Gasteiger partial charge in [0, 0.05) is 24.0 Å². The van der Waals surface area contributed by atoms with Crippen molar-refractivity contribution >= 4 is 43.5 Å². The summed E-state index contributed by atoms with van der Waals surface area (Å²) >= 11 is 3.48. The predicted molar refractivity (Wildman–Crippen MR) is 160 cm³/mol. The average Bonchev–Trinajstić information content (AvgIpc) is 2.89. The summed E-state index contributed by atoms with van der Waals surface area (Å²) in [7, 11) is -3.80. The minimum absolute atomic E-state index is 0.139. The monoisotopic (exact) mass is 613 g/mol. The number of carbonyl (C=O) groups is 2. The first-order valence-corrected chi connectivity index (χ1v) is 15.5. The molecule has 2 amide bonds. The number of hydrogen-bond acceptors (Lipinski definition) is 4. The molecular weight excluding hydrogens is 578 g/mol. The summed E-state index contributed by atoms with van der Waals surface area (Å²) in [6.45, 7) is 5.99. The minimum atomic E-state index is -3.80. The Hall–Kier alpha value is -3.17. The van der Waals surface area contributed by atoms with Crippen molar-refractivity contribution in [1.82, 2.24) is 10.2 Å². The molecular formula is C30H36BrN3O4S. The molecule has 0 radical (unpaired) electrons. The molecule has 1 atom stereocenters. The van der Waals surface area contributed by atoms with Gasteiger partial charge in [-0.2, -0.15) is 0 Å². The number of nitrogens with zero attached hydrogens (tertiary/aromatic N) is 2. The van der Waals surface area contributed by atoms with E-state index >= 15 is 0 Å². The summed E-state index contributed by atoms with van der Waals surface area (Å²) in [4.78, 5) is 29.1. The van der Waals surface area contributed by atoms with Gasteiger partial charge in [-0.3, -0.25) is 13.9 Å². The molecule has 0 bridgehead atoms. The van der Waals surface area contributed by atoms with Crippen LogP contribution in [0.3, 0.4) is 0 Å². The highest BCUT2D eigenvalue weighted by Crippen LogP contribution is 2.23. The summed E-state index contributed by atoms with van der Waals surface area (Å²) in [5, 5.41) is 2.94. The van der Waals surface area contributed by atoms with Crippen LogP contribution in [0.25, 0.3) is 0 Å².